The highest BCUT2D eigenvalue weighted by Crippen LogP contribution is 2.15. The molecule has 1 atom stereocenters. The van der Waals surface area contributed by atoms with E-state index >= 15 is 0 Å². The molecule has 0 saturated carbocycles. The maximum absolute atomic E-state index is 13.1. The molecule has 0 saturated heterocycles. The fraction of sp³-hybridized carbons (Fsp3) is 0.455. The van der Waals surface area contributed by atoms with Crippen LogP contribution in [0.2, 0.25) is 0 Å². The summed E-state index contributed by atoms with van der Waals surface area (Å²) in [6.07, 6.45) is 1.04. The van der Waals surface area contributed by atoms with Crippen molar-refractivity contribution in [3.8, 4) is 0 Å². The molecule has 14 heavy (non-hydrogen) atoms. The van der Waals surface area contributed by atoms with Crippen molar-refractivity contribution in [1.82, 2.24) is 0 Å². The minimum Gasteiger partial charge on any atom is -0.330 e. The third-order valence-electron chi connectivity index (χ3n) is 2.12. The monoisotopic (exact) mass is 259 g/mol. The van der Waals surface area contributed by atoms with E-state index in [1.807, 2.05) is 24.3 Å². The first-order valence-corrected chi connectivity index (χ1v) is 5.60. The summed E-state index contributed by atoms with van der Waals surface area (Å²) in [4.78, 5) is 0. The van der Waals surface area contributed by atoms with Crippen LogP contribution in [0.25, 0.3) is 0 Å². The molecule has 1 unspecified atom stereocenters. The summed E-state index contributed by atoms with van der Waals surface area (Å²) in [5.74, 6) is 0. The summed E-state index contributed by atoms with van der Waals surface area (Å²) in [5, 5.41) is 0. The Morgan fingerprint density at radius 3 is 2.79 bits per heavy atom. The van der Waals surface area contributed by atoms with Gasteiger partial charge in [0.1, 0.15) is 6.17 Å². The van der Waals surface area contributed by atoms with E-state index < -0.39 is 6.17 Å². The standard InChI is InChI=1S/C11H15BrFN/c12-10-3-1-2-9(8-10)4-5-11(13)6-7-14/h1-3,8,11H,4-7,14H2. The normalized spacial score (nSPS) is 12.8. The summed E-state index contributed by atoms with van der Waals surface area (Å²) in [7, 11) is 0. The number of rotatable bonds is 5. The molecular formula is C11H15BrFN. The molecular weight excluding hydrogens is 245 g/mol. The van der Waals surface area contributed by atoms with Crippen molar-refractivity contribution >= 4 is 15.9 Å². The SMILES string of the molecule is NCCC(F)CCc1cccc(Br)c1. The average Bonchev–Trinajstić information content (AvgIpc) is 2.15. The van der Waals surface area contributed by atoms with Crippen LogP contribution in [0.1, 0.15) is 18.4 Å². The minimum atomic E-state index is -0.765. The van der Waals surface area contributed by atoms with Gasteiger partial charge >= 0.3 is 0 Å². The molecule has 0 aliphatic carbocycles. The molecule has 1 aromatic carbocycles. The van der Waals surface area contributed by atoms with Crippen molar-refractivity contribution in [1.29, 1.82) is 0 Å². The van der Waals surface area contributed by atoms with Crippen LogP contribution in [0.4, 0.5) is 4.39 Å². The maximum Gasteiger partial charge on any atom is 0.102 e. The Bertz CT molecular complexity index is 278. The van der Waals surface area contributed by atoms with E-state index in [9.17, 15) is 4.39 Å². The zero-order valence-electron chi connectivity index (χ0n) is 8.05. The van der Waals surface area contributed by atoms with Crippen molar-refractivity contribution < 1.29 is 4.39 Å². The molecule has 0 heterocycles. The van der Waals surface area contributed by atoms with Crippen LogP contribution in [0.5, 0.6) is 0 Å². The van der Waals surface area contributed by atoms with Crippen molar-refractivity contribution in [3.05, 3.63) is 34.3 Å². The van der Waals surface area contributed by atoms with Crippen LogP contribution >= 0.6 is 15.9 Å². The smallest absolute Gasteiger partial charge is 0.102 e. The van der Waals surface area contributed by atoms with Gasteiger partial charge in [-0.2, -0.15) is 0 Å². The van der Waals surface area contributed by atoms with Crippen molar-refractivity contribution in [3.63, 3.8) is 0 Å². The second-order valence-electron chi connectivity index (χ2n) is 3.34. The highest BCUT2D eigenvalue weighted by Gasteiger charge is 2.05. The number of benzene rings is 1. The van der Waals surface area contributed by atoms with Gasteiger partial charge in [0.15, 0.2) is 0 Å². The number of hydrogen-bond acceptors (Lipinski definition) is 1. The second-order valence-corrected chi connectivity index (χ2v) is 4.26. The fourth-order valence-corrected chi connectivity index (χ4v) is 1.79. The summed E-state index contributed by atoms with van der Waals surface area (Å²) >= 11 is 3.39. The first-order valence-electron chi connectivity index (χ1n) is 4.81. The molecule has 1 aromatic rings. The zero-order chi connectivity index (χ0) is 10.4. The van der Waals surface area contributed by atoms with Crippen molar-refractivity contribution in [2.45, 2.75) is 25.4 Å². The lowest BCUT2D eigenvalue weighted by molar-refractivity contribution is 0.300. The topological polar surface area (TPSA) is 26.0 Å². The van der Waals surface area contributed by atoms with E-state index in [1.165, 1.54) is 5.56 Å². The van der Waals surface area contributed by atoms with Crippen LogP contribution in [0.3, 0.4) is 0 Å². The van der Waals surface area contributed by atoms with E-state index in [-0.39, 0.29) is 0 Å². The lowest BCUT2D eigenvalue weighted by Crippen LogP contribution is -2.09. The molecule has 1 nitrogen and oxygen atoms in total. The van der Waals surface area contributed by atoms with Crippen LogP contribution in [-0.2, 0) is 6.42 Å². The fourth-order valence-electron chi connectivity index (χ4n) is 1.34. The van der Waals surface area contributed by atoms with Gasteiger partial charge in [-0.25, -0.2) is 4.39 Å². The Hall–Kier alpha value is -0.410. The second kappa shape index (κ2) is 6.14. The Balaban J connectivity index is 2.37. The predicted octanol–water partition coefficient (Wildman–Crippen LogP) is 3.07. The zero-order valence-corrected chi connectivity index (χ0v) is 9.63. The summed E-state index contributed by atoms with van der Waals surface area (Å²) in [6, 6.07) is 7.97. The highest BCUT2D eigenvalue weighted by atomic mass is 79.9. The van der Waals surface area contributed by atoms with E-state index in [0.29, 0.717) is 19.4 Å². The predicted molar refractivity (Wildman–Crippen MR) is 61.0 cm³/mol. The number of alkyl halides is 1. The molecule has 0 amide bonds. The van der Waals surface area contributed by atoms with Gasteiger partial charge < -0.3 is 5.73 Å². The van der Waals surface area contributed by atoms with Gasteiger partial charge in [0.25, 0.3) is 0 Å². The summed E-state index contributed by atoms with van der Waals surface area (Å²) in [6.45, 7) is 0.430. The maximum atomic E-state index is 13.1. The number of hydrogen-bond donors (Lipinski definition) is 1. The van der Waals surface area contributed by atoms with Crippen molar-refractivity contribution in [2.24, 2.45) is 5.73 Å². The van der Waals surface area contributed by atoms with Gasteiger partial charge in [-0.3, -0.25) is 0 Å². The average molecular weight is 260 g/mol. The lowest BCUT2D eigenvalue weighted by Gasteiger charge is -2.06. The number of aryl methyl sites for hydroxylation is 1. The Labute approximate surface area is 92.6 Å². The summed E-state index contributed by atoms with van der Waals surface area (Å²) in [5.41, 5.74) is 6.44. The van der Waals surface area contributed by atoms with Gasteiger partial charge in [0.2, 0.25) is 0 Å². The molecule has 0 aliphatic rings. The molecule has 2 N–H and O–H groups in total. The van der Waals surface area contributed by atoms with Gasteiger partial charge in [-0.05, 0) is 43.5 Å². The van der Waals surface area contributed by atoms with Crippen LogP contribution < -0.4 is 5.73 Å². The Morgan fingerprint density at radius 1 is 1.36 bits per heavy atom. The van der Waals surface area contributed by atoms with E-state index in [4.69, 9.17) is 5.73 Å². The molecule has 0 spiro atoms. The van der Waals surface area contributed by atoms with Gasteiger partial charge in [0, 0.05) is 4.47 Å². The quantitative estimate of drug-likeness (QED) is 0.865. The third-order valence-corrected chi connectivity index (χ3v) is 2.61. The largest absolute Gasteiger partial charge is 0.330 e. The molecule has 1 rings (SSSR count). The first kappa shape index (κ1) is 11.7. The van der Waals surface area contributed by atoms with Gasteiger partial charge in [0.05, 0.1) is 0 Å². The molecule has 0 aliphatic heterocycles. The first-order chi connectivity index (χ1) is 6.72. The number of nitrogens with two attached hydrogens (primary N) is 1. The Kier molecular flexibility index (Phi) is 5.12. The van der Waals surface area contributed by atoms with Crippen LogP contribution in [-0.4, -0.2) is 12.7 Å². The molecule has 78 valence electrons. The lowest BCUT2D eigenvalue weighted by atomic mass is 10.1. The molecule has 3 heteroatoms. The molecule has 0 fully saturated rings. The van der Waals surface area contributed by atoms with Crippen LogP contribution in [0, 0.1) is 0 Å². The van der Waals surface area contributed by atoms with Crippen LogP contribution in [0.15, 0.2) is 28.7 Å². The molecule has 0 bridgehead atoms. The van der Waals surface area contributed by atoms with Crippen molar-refractivity contribution in [2.75, 3.05) is 6.54 Å². The van der Waals surface area contributed by atoms with E-state index in [0.717, 1.165) is 10.9 Å². The number of halogens is 2. The Morgan fingerprint density at radius 2 is 2.14 bits per heavy atom. The third kappa shape index (κ3) is 4.20. The molecule has 0 radical (unpaired) electrons. The van der Waals surface area contributed by atoms with Gasteiger partial charge in [-0.15, -0.1) is 0 Å². The van der Waals surface area contributed by atoms with Gasteiger partial charge in [-0.1, -0.05) is 28.1 Å². The highest BCUT2D eigenvalue weighted by molar-refractivity contribution is 9.10. The summed E-state index contributed by atoms with van der Waals surface area (Å²) < 4.78 is 14.1. The minimum absolute atomic E-state index is 0.430. The molecule has 0 aromatic heterocycles. The van der Waals surface area contributed by atoms with E-state index in [2.05, 4.69) is 15.9 Å². The van der Waals surface area contributed by atoms with E-state index in [1.54, 1.807) is 0 Å².